The molecule has 1 amide bonds. The molecule has 6 nitrogen and oxygen atoms in total. The summed E-state index contributed by atoms with van der Waals surface area (Å²) >= 11 is 0. The fourth-order valence-corrected chi connectivity index (χ4v) is 3.19. The zero-order valence-electron chi connectivity index (χ0n) is 15.3. The Bertz CT molecular complexity index is 966. The van der Waals surface area contributed by atoms with Crippen LogP contribution >= 0.6 is 0 Å². The fourth-order valence-electron chi connectivity index (χ4n) is 3.19. The standard InChI is InChI=1S/C21H21N3O3/c1-14-17(15(2)24(23-14)16-8-4-3-5-9-16)12-22-21(25)20-13-26-18-10-6-7-11-19(18)27-20/h3-11,20H,12-13H2,1-2H3,(H,22,25). The number of benzene rings is 2. The highest BCUT2D eigenvalue weighted by Crippen LogP contribution is 2.30. The first-order valence-corrected chi connectivity index (χ1v) is 8.90. The summed E-state index contributed by atoms with van der Waals surface area (Å²) in [6.07, 6.45) is -0.662. The predicted octanol–water partition coefficient (Wildman–Crippen LogP) is 2.95. The number of rotatable bonds is 4. The molecule has 1 aliphatic heterocycles. The number of aryl methyl sites for hydroxylation is 1. The van der Waals surface area contributed by atoms with Crippen molar-refractivity contribution in [1.82, 2.24) is 15.1 Å². The molecular weight excluding hydrogens is 342 g/mol. The van der Waals surface area contributed by atoms with E-state index >= 15 is 0 Å². The average molecular weight is 363 g/mol. The molecule has 2 aromatic carbocycles. The first kappa shape index (κ1) is 17.1. The summed E-state index contributed by atoms with van der Waals surface area (Å²) in [5.41, 5.74) is 3.90. The van der Waals surface area contributed by atoms with Gasteiger partial charge in [-0.15, -0.1) is 0 Å². The molecule has 1 N–H and O–H groups in total. The number of carbonyl (C=O) groups is 1. The molecule has 4 rings (SSSR count). The third-order valence-corrected chi connectivity index (χ3v) is 4.68. The van der Waals surface area contributed by atoms with Gasteiger partial charge in [0, 0.05) is 17.8 Å². The van der Waals surface area contributed by atoms with Crippen molar-refractivity contribution >= 4 is 5.91 Å². The number of carbonyl (C=O) groups excluding carboxylic acids is 1. The van der Waals surface area contributed by atoms with Gasteiger partial charge in [0.15, 0.2) is 11.5 Å². The van der Waals surface area contributed by atoms with Crippen LogP contribution < -0.4 is 14.8 Å². The minimum absolute atomic E-state index is 0.198. The first-order chi connectivity index (χ1) is 13.1. The van der Waals surface area contributed by atoms with Gasteiger partial charge >= 0.3 is 0 Å². The molecule has 0 bridgehead atoms. The molecule has 0 fully saturated rings. The average Bonchev–Trinajstić information content (AvgIpc) is 3.00. The van der Waals surface area contributed by atoms with Gasteiger partial charge in [0.25, 0.3) is 5.91 Å². The van der Waals surface area contributed by atoms with Crippen LogP contribution in [-0.2, 0) is 11.3 Å². The second kappa shape index (κ2) is 7.15. The lowest BCUT2D eigenvalue weighted by Gasteiger charge is -2.25. The Morgan fingerprint density at radius 2 is 1.81 bits per heavy atom. The van der Waals surface area contributed by atoms with E-state index in [1.807, 2.05) is 67.1 Å². The summed E-state index contributed by atoms with van der Waals surface area (Å²) in [5, 5.41) is 7.56. The van der Waals surface area contributed by atoms with Crippen molar-refractivity contribution in [3.63, 3.8) is 0 Å². The van der Waals surface area contributed by atoms with E-state index in [1.165, 1.54) is 0 Å². The van der Waals surface area contributed by atoms with E-state index in [1.54, 1.807) is 6.07 Å². The minimum Gasteiger partial charge on any atom is -0.485 e. The van der Waals surface area contributed by atoms with Crippen LogP contribution in [0.1, 0.15) is 17.0 Å². The van der Waals surface area contributed by atoms with Crippen LogP contribution in [0.15, 0.2) is 54.6 Å². The Hall–Kier alpha value is -3.28. The normalized spacial score (nSPS) is 15.4. The monoisotopic (exact) mass is 363 g/mol. The topological polar surface area (TPSA) is 65.4 Å². The maximum atomic E-state index is 12.5. The number of nitrogens with zero attached hydrogens (tertiary/aromatic N) is 2. The van der Waals surface area contributed by atoms with Crippen LogP contribution in [0.3, 0.4) is 0 Å². The maximum absolute atomic E-state index is 12.5. The Kier molecular flexibility index (Phi) is 4.54. The molecule has 0 saturated carbocycles. The van der Waals surface area contributed by atoms with Crippen molar-refractivity contribution in [1.29, 1.82) is 0 Å². The Labute approximate surface area is 157 Å². The van der Waals surface area contributed by atoms with Crippen molar-refractivity contribution in [3.05, 3.63) is 71.5 Å². The van der Waals surface area contributed by atoms with Crippen LogP contribution in [-0.4, -0.2) is 28.4 Å². The van der Waals surface area contributed by atoms with Gasteiger partial charge in [-0.05, 0) is 38.1 Å². The molecule has 0 saturated heterocycles. The smallest absolute Gasteiger partial charge is 0.264 e. The molecule has 0 aliphatic carbocycles. The second-order valence-corrected chi connectivity index (χ2v) is 6.48. The lowest BCUT2D eigenvalue weighted by atomic mass is 10.2. The molecule has 1 aliphatic rings. The third kappa shape index (κ3) is 3.38. The number of para-hydroxylation sites is 3. The molecule has 1 aromatic heterocycles. The van der Waals surface area contributed by atoms with Crippen LogP contribution in [0.5, 0.6) is 11.5 Å². The summed E-state index contributed by atoms with van der Waals surface area (Å²) in [6, 6.07) is 17.3. The summed E-state index contributed by atoms with van der Waals surface area (Å²) < 4.78 is 13.3. The van der Waals surface area contributed by atoms with Crippen molar-refractivity contribution < 1.29 is 14.3 Å². The molecular formula is C21H21N3O3. The van der Waals surface area contributed by atoms with E-state index in [4.69, 9.17) is 9.47 Å². The van der Waals surface area contributed by atoms with Gasteiger partial charge in [0.05, 0.1) is 11.4 Å². The molecule has 2 heterocycles. The van der Waals surface area contributed by atoms with Crippen molar-refractivity contribution in [2.75, 3.05) is 6.61 Å². The van der Waals surface area contributed by atoms with Crippen LogP contribution in [0.4, 0.5) is 0 Å². The zero-order chi connectivity index (χ0) is 18.8. The van der Waals surface area contributed by atoms with Gasteiger partial charge in [-0.2, -0.15) is 5.10 Å². The lowest BCUT2D eigenvalue weighted by Crippen LogP contribution is -2.43. The number of amides is 1. The van der Waals surface area contributed by atoms with Crippen LogP contribution in [0, 0.1) is 13.8 Å². The number of nitrogens with one attached hydrogen (secondary N) is 1. The SMILES string of the molecule is Cc1nn(-c2ccccc2)c(C)c1CNC(=O)C1COc2ccccc2O1. The van der Waals surface area contributed by atoms with E-state index in [0.29, 0.717) is 18.0 Å². The van der Waals surface area contributed by atoms with Gasteiger partial charge in [-0.1, -0.05) is 30.3 Å². The minimum atomic E-state index is -0.662. The van der Waals surface area contributed by atoms with E-state index in [2.05, 4.69) is 10.4 Å². The van der Waals surface area contributed by atoms with Gasteiger partial charge in [0.1, 0.15) is 6.61 Å². The molecule has 0 radical (unpaired) electrons. The zero-order valence-corrected chi connectivity index (χ0v) is 15.3. The first-order valence-electron chi connectivity index (χ1n) is 8.90. The Balaban J connectivity index is 1.45. The maximum Gasteiger partial charge on any atom is 0.264 e. The molecule has 138 valence electrons. The van der Waals surface area contributed by atoms with E-state index in [0.717, 1.165) is 22.6 Å². The van der Waals surface area contributed by atoms with Gasteiger partial charge in [-0.25, -0.2) is 4.68 Å². The van der Waals surface area contributed by atoms with E-state index in [-0.39, 0.29) is 12.5 Å². The van der Waals surface area contributed by atoms with E-state index in [9.17, 15) is 4.79 Å². The van der Waals surface area contributed by atoms with E-state index < -0.39 is 6.10 Å². The lowest BCUT2D eigenvalue weighted by molar-refractivity contribution is -0.130. The molecule has 1 atom stereocenters. The van der Waals surface area contributed by atoms with Crippen LogP contribution in [0.2, 0.25) is 0 Å². The fraction of sp³-hybridized carbons (Fsp3) is 0.238. The molecule has 0 spiro atoms. The third-order valence-electron chi connectivity index (χ3n) is 4.68. The van der Waals surface area contributed by atoms with Crippen molar-refractivity contribution in [3.8, 4) is 17.2 Å². The second-order valence-electron chi connectivity index (χ2n) is 6.48. The number of aromatic nitrogens is 2. The molecule has 1 unspecified atom stereocenters. The summed E-state index contributed by atoms with van der Waals surface area (Å²) in [4.78, 5) is 12.5. The highest BCUT2D eigenvalue weighted by atomic mass is 16.6. The number of fused-ring (bicyclic) bond motifs is 1. The van der Waals surface area contributed by atoms with Crippen molar-refractivity contribution in [2.24, 2.45) is 0 Å². The Morgan fingerprint density at radius 1 is 1.11 bits per heavy atom. The van der Waals surface area contributed by atoms with Crippen LogP contribution in [0.25, 0.3) is 5.69 Å². The quantitative estimate of drug-likeness (QED) is 0.774. The molecule has 3 aromatic rings. The highest BCUT2D eigenvalue weighted by molar-refractivity contribution is 5.81. The molecule has 27 heavy (non-hydrogen) atoms. The Morgan fingerprint density at radius 3 is 2.59 bits per heavy atom. The number of hydrogen-bond acceptors (Lipinski definition) is 4. The summed E-state index contributed by atoms with van der Waals surface area (Å²) in [7, 11) is 0. The summed E-state index contributed by atoms with van der Waals surface area (Å²) in [5.74, 6) is 1.06. The predicted molar refractivity (Wildman–Crippen MR) is 101 cm³/mol. The molecule has 6 heteroatoms. The van der Waals surface area contributed by atoms with Gasteiger partial charge in [-0.3, -0.25) is 4.79 Å². The summed E-state index contributed by atoms with van der Waals surface area (Å²) in [6.45, 7) is 4.55. The number of ether oxygens (including phenoxy) is 2. The van der Waals surface area contributed by atoms with Gasteiger partial charge in [0.2, 0.25) is 6.10 Å². The number of hydrogen-bond donors (Lipinski definition) is 1. The van der Waals surface area contributed by atoms with Gasteiger partial charge < -0.3 is 14.8 Å². The highest BCUT2D eigenvalue weighted by Gasteiger charge is 2.27. The largest absolute Gasteiger partial charge is 0.485 e. The van der Waals surface area contributed by atoms with Crippen molar-refractivity contribution in [2.45, 2.75) is 26.5 Å².